The van der Waals surface area contributed by atoms with Crippen LogP contribution in [0, 0.1) is 0 Å². The number of hydrogen-bond acceptors (Lipinski definition) is 5. The molecule has 1 unspecified atom stereocenters. The highest BCUT2D eigenvalue weighted by Crippen LogP contribution is 2.23. The van der Waals surface area contributed by atoms with E-state index >= 15 is 0 Å². The highest BCUT2D eigenvalue weighted by molar-refractivity contribution is 7.99. The number of para-hydroxylation sites is 1. The van der Waals surface area contributed by atoms with E-state index in [4.69, 9.17) is 11.6 Å². The van der Waals surface area contributed by atoms with Crippen LogP contribution < -0.4 is 10.6 Å². The molecule has 3 aromatic rings. The second kappa shape index (κ2) is 10.3. The molecule has 0 fully saturated rings. The van der Waals surface area contributed by atoms with Gasteiger partial charge in [0.05, 0.1) is 22.5 Å². The maximum atomic E-state index is 12.4. The molecule has 156 valence electrons. The second-order valence-electron chi connectivity index (χ2n) is 6.46. The first-order valence-electron chi connectivity index (χ1n) is 9.45. The molecule has 9 heteroatoms. The number of amides is 2. The number of anilines is 1. The average Bonchev–Trinajstić information content (AvgIpc) is 3.17. The molecular formula is C21H22ClN5O2S. The molecule has 2 amide bonds. The van der Waals surface area contributed by atoms with Crippen LogP contribution in [-0.2, 0) is 11.3 Å². The van der Waals surface area contributed by atoms with Crippen molar-refractivity contribution >= 4 is 40.9 Å². The van der Waals surface area contributed by atoms with Gasteiger partial charge in [-0.1, -0.05) is 53.7 Å². The predicted octanol–water partition coefficient (Wildman–Crippen LogP) is 4.17. The summed E-state index contributed by atoms with van der Waals surface area (Å²) >= 11 is 7.35. The Bertz CT molecular complexity index is 1030. The van der Waals surface area contributed by atoms with Crippen molar-refractivity contribution in [3.8, 4) is 0 Å². The number of carbonyl (C=O) groups excluding carboxylic acids is 2. The van der Waals surface area contributed by atoms with Gasteiger partial charge >= 0.3 is 0 Å². The summed E-state index contributed by atoms with van der Waals surface area (Å²) in [7, 11) is 0. The molecule has 30 heavy (non-hydrogen) atoms. The summed E-state index contributed by atoms with van der Waals surface area (Å²) in [6, 6.07) is 15.7. The molecule has 0 aliphatic heterocycles. The Kier molecular flexibility index (Phi) is 7.48. The largest absolute Gasteiger partial charge is 0.342 e. The van der Waals surface area contributed by atoms with Gasteiger partial charge in [0.15, 0.2) is 11.0 Å². The first-order valence-corrected chi connectivity index (χ1v) is 10.8. The summed E-state index contributed by atoms with van der Waals surface area (Å²) in [6.07, 6.45) is 0. The van der Waals surface area contributed by atoms with E-state index < -0.39 is 0 Å². The topological polar surface area (TPSA) is 88.9 Å². The van der Waals surface area contributed by atoms with Gasteiger partial charge in [0.25, 0.3) is 5.91 Å². The zero-order chi connectivity index (χ0) is 21.5. The fourth-order valence-electron chi connectivity index (χ4n) is 2.84. The third-order valence-electron chi connectivity index (χ3n) is 4.31. The van der Waals surface area contributed by atoms with Crippen molar-refractivity contribution < 1.29 is 9.59 Å². The Morgan fingerprint density at radius 1 is 1.10 bits per heavy atom. The Hall–Kier alpha value is -2.84. The molecule has 0 saturated carbocycles. The molecule has 1 aromatic heterocycles. The molecule has 0 radical (unpaired) electrons. The molecule has 7 nitrogen and oxygen atoms in total. The van der Waals surface area contributed by atoms with E-state index in [0.29, 0.717) is 33.8 Å². The van der Waals surface area contributed by atoms with Crippen LogP contribution >= 0.6 is 23.4 Å². The summed E-state index contributed by atoms with van der Waals surface area (Å²) in [5.74, 6) is 0.428. The van der Waals surface area contributed by atoms with Crippen molar-refractivity contribution in [2.75, 3.05) is 11.1 Å². The third-order valence-corrected chi connectivity index (χ3v) is 5.61. The second-order valence-corrected chi connectivity index (χ2v) is 7.81. The molecule has 0 spiro atoms. The molecule has 2 aromatic carbocycles. The number of aromatic nitrogens is 3. The normalized spacial score (nSPS) is 11.7. The Morgan fingerprint density at radius 3 is 2.50 bits per heavy atom. The lowest BCUT2D eigenvalue weighted by atomic mass is 10.2. The van der Waals surface area contributed by atoms with E-state index in [1.165, 1.54) is 11.8 Å². The maximum absolute atomic E-state index is 12.4. The summed E-state index contributed by atoms with van der Waals surface area (Å²) in [5, 5.41) is 15.3. The van der Waals surface area contributed by atoms with Crippen molar-refractivity contribution in [2.24, 2.45) is 0 Å². The van der Waals surface area contributed by atoms with Crippen LogP contribution in [0.2, 0.25) is 5.02 Å². The van der Waals surface area contributed by atoms with E-state index in [1.54, 1.807) is 36.4 Å². The van der Waals surface area contributed by atoms with Gasteiger partial charge in [-0.05, 0) is 38.1 Å². The van der Waals surface area contributed by atoms with Crippen LogP contribution in [-0.4, -0.2) is 32.3 Å². The molecule has 1 atom stereocenters. The monoisotopic (exact) mass is 443 g/mol. The van der Waals surface area contributed by atoms with Crippen LogP contribution in [0.15, 0.2) is 59.8 Å². The minimum Gasteiger partial charge on any atom is -0.342 e. The van der Waals surface area contributed by atoms with E-state index in [1.807, 2.05) is 36.6 Å². The molecule has 0 saturated heterocycles. The van der Waals surface area contributed by atoms with Crippen molar-refractivity contribution in [3.05, 3.63) is 71.0 Å². The van der Waals surface area contributed by atoms with E-state index in [9.17, 15) is 9.59 Å². The number of nitrogens with one attached hydrogen (secondary N) is 2. The lowest BCUT2D eigenvalue weighted by Crippen LogP contribution is -2.28. The summed E-state index contributed by atoms with van der Waals surface area (Å²) in [5.41, 5.74) is 1.15. The van der Waals surface area contributed by atoms with Crippen molar-refractivity contribution in [1.82, 2.24) is 20.1 Å². The highest BCUT2D eigenvalue weighted by atomic mass is 35.5. The molecular weight excluding hydrogens is 422 g/mol. The van der Waals surface area contributed by atoms with Gasteiger partial charge in [-0.25, -0.2) is 0 Å². The fourth-order valence-corrected chi connectivity index (χ4v) is 3.83. The Balaban J connectivity index is 1.63. The number of benzene rings is 2. The summed E-state index contributed by atoms with van der Waals surface area (Å²) in [6.45, 7) is 4.43. The van der Waals surface area contributed by atoms with Gasteiger partial charge in [-0.2, -0.15) is 0 Å². The van der Waals surface area contributed by atoms with E-state index in [0.717, 1.165) is 0 Å². The molecule has 1 heterocycles. The van der Waals surface area contributed by atoms with Gasteiger partial charge in [0.1, 0.15) is 0 Å². The molecule has 3 rings (SSSR count). The van der Waals surface area contributed by atoms with Crippen molar-refractivity contribution in [2.45, 2.75) is 31.6 Å². The van der Waals surface area contributed by atoms with Gasteiger partial charge in [-0.15, -0.1) is 10.2 Å². The Labute approximate surface area is 184 Å². The molecule has 0 aliphatic rings. The number of hydrogen-bond donors (Lipinski definition) is 2. The number of halogens is 1. The first-order chi connectivity index (χ1) is 14.5. The smallest absolute Gasteiger partial charge is 0.251 e. The summed E-state index contributed by atoms with van der Waals surface area (Å²) < 4.78 is 1.89. The number of rotatable bonds is 8. The van der Waals surface area contributed by atoms with Gasteiger partial charge < -0.3 is 15.2 Å². The molecule has 0 aliphatic carbocycles. The summed E-state index contributed by atoms with van der Waals surface area (Å²) in [4.78, 5) is 24.7. The predicted molar refractivity (Wildman–Crippen MR) is 119 cm³/mol. The standard InChI is InChI=1S/C21H22ClN5O2S/c1-3-27-19(14(2)23-20(29)15-9-5-4-6-10-15)25-26-21(27)30-13-18(28)24-17-12-8-7-11-16(17)22/h4-12,14H,3,13H2,1-2H3,(H,23,29)(H,24,28). The van der Waals surface area contributed by atoms with Crippen molar-refractivity contribution in [3.63, 3.8) is 0 Å². The lowest BCUT2D eigenvalue weighted by molar-refractivity contribution is -0.113. The van der Waals surface area contributed by atoms with Crippen LogP contribution in [0.5, 0.6) is 0 Å². The van der Waals surface area contributed by atoms with Crippen LogP contribution in [0.4, 0.5) is 5.69 Å². The molecule has 0 bridgehead atoms. The average molecular weight is 444 g/mol. The van der Waals surface area contributed by atoms with Gasteiger partial charge in [0.2, 0.25) is 5.91 Å². The minimum absolute atomic E-state index is 0.161. The SMILES string of the molecule is CCn1c(SCC(=O)Nc2ccccc2Cl)nnc1C(C)NC(=O)c1ccccc1. The number of carbonyl (C=O) groups is 2. The number of nitrogens with zero attached hydrogens (tertiary/aromatic N) is 3. The maximum Gasteiger partial charge on any atom is 0.251 e. The van der Waals surface area contributed by atoms with Crippen molar-refractivity contribution in [1.29, 1.82) is 0 Å². The minimum atomic E-state index is -0.337. The number of thioether (sulfide) groups is 1. The van der Waals surface area contributed by atoms with E-state index in [-0.39, 0.29) is 23.6 Å². The van der Waals surface area contributed by atoms with Gasteiger partial charge in [0, 0.05) is 12.1 Å². The zero-order valence-corrected chi connectivity index (χ0v) is 18.2. The van der Waals surface area contributed by atoms with Gasteiger partial charge in [-0.3, -0.25) is 9.59 Å². The quantitative estimate of drug-likeness (QED) is 0.510. The first kappa shape index (κ1) is 21.9. The van der Waals surface area contributed by atoms with Crippen LogP contribution in [0.3, 0.4) is 0 Å². The highest BCUT2D eigenvalue weighted by Gasteiger charge is 2.20. The van der Waals surface area contributed by atoms with Crippen LogP contribution in [0.25, 0.3) is 0 Å². The Morgan fingerprint density at radius 2 is 1.80 bits per heavy atom. The lowest BCUT2D eigenvalue weighted by Gasteiger charge is -2.15. The fraction of sp³-hybridized carbons (Fsp3) is 0.238. The third kappa shape index (κ3) is 5.40. The molecule has 2 N–H and O–H groups in total. The zero-order valence-electron chi connectivity index (χ0n) is 16.6. The van der Waals surface area contributed by atoms with E-state index in [2.05, 4.69) is 20.8 Å². The van der Waals surface area contributed by atoms with Crippen LogP contribution in [0.1, 0.15) is 36.1 Å².